The number of ether oxygens (including phenoxy) is 1. The van der Waals surface area contributed by atoms with E-state index in [2.05, 4.69) is 20.1 Å². The SMILES string of the molecule is Oc1cc(-c2ncc3c(N4CC5CCC(C4)N5)nc(OC[C@@]45CCCN4[C@@H]4CCC[C@@H]4C5)nc3c2F)c2c(Cl)cccc2c1. The molecule has 2 bridgehead atoms. The summed E-state index contributed by atoms with van der Waals surface area (Å²) >= 11 is 6.61. The van der Waals surface area contributed by atoms with Crippen molar-refractivity contribution in [3.63, 3.8) is 0 Å². The van der Waals surface area contributed by atoms with Crippen molar-refractivity contribution in [1.29, 1.82) is 0 Å². The molecule has 0 amide bonds. The highest BCUT2D eigenvalue weighted by Crippen LogP contribution is 2.51. The molecule has 4 aliphatic heterocycles. The number of nitrogens with zero attached hydrogens (tertiary/aromatic N) is 5. The van der Waals surface area contributed by atoms with E-state index in [-0.39, 0.29) is 28.5 Å². The predicted molar refractivity (Wildman–Crippen MR) is 169 cm³/mol. The maximum absolute atomic E-state index is 16.8. The van der Waals surface area contributed by atoms with Crippen LogP contribution >= 0.6 is 11.6 Å². The average Bonchev–Trinajstić information content (AvgIpc) is 3.77. The number of halogens is 2. The Morgan fingerprint density at radius 3 is 2.82 bits per heavy atom. The van der Waals surface area contributed by atoms with Gasteiger partial charge in [-0.3, -0.25) is 9.88 Å². The van der Waals surface area contributed by atoms with Crippen LogP contribution in [0, 0.1) is 11.7 Å². The maximum atomic E-state index is 16.8. The van der Waals surface area contributed by atoms with E-state index in [1.54, 1.807) is 18.3 Å². The lowest BCUT2D eigenvalue weighted by Gasteiger charge is -2.35. The summed E-state index contributed by atoms with van der Waals surface area (Å²) in [6, 6.07) is 10.2. The minimum Gasteiger partial charge on any atom is -0.508 e. The summed E-state index contributed by atoms with van der Waals surface area (Å²) in [7, 11) is 0. The van der Waals surface area contributed by atoms with Crippen LogP contribution in [0.1, 0.15) is 51.4 Å². The van der Waals surface area contributed by atoms with Crippen LogP contribution in [0.4, 0.5) is 10.2 Å². The van der Waals surface area contributed by atoms with Crippen molar-refractivity contribution in [2.24, 2.45) is 5.92 Å². The third-order valence-corrected chi connectivity index (χ3v) is 11.4. The van der Waals surface area contributed by atoms with Gasteiger partial charge in [-0.2, -0.15) is 9.97 Å². The molecule has 8 nitrogen and oxygen atoms in total. The molecule has 5 atom stereocenters. The number of aromatic nitrogens is 3. The van der Waals surface area contributed by atoms with E-state index in [0.29, 0.717) is 57.3 Å². The number of pyridine rings is 1. The molecule has 2 aromatic heterocycles. The zero-order valence-electron chi connectivity index (χ0n) is 24.6. The van der Waals surface area contributed by atoms with Gasteiger partial charge in [0.05, 0.1) is 10.9 Å². The molecule has 9 rings (SSSR count). The summed E-state index contributed by atoms with van der Waals surface area (Å²) in [5.74, 6) is 0.862. The number of fused-ring (bicyclic) bond motifs is 7. The first-order valence-electron chi connectivity index (χ1n) is 16.1. The Hall–Kier alpha value is -3.27. The number of phenolic OH excluding ortho intramolecular Hbond substituents is 1. The maximum Gasteiger partial charge on any atom is 0.319 e. The molecule has 44 heavy (non-hydrogen) atoms. The van der Waals surface area contributed by atoms with Crippen molar-refractivity contribution in [2.75, 3.05) is 31.1 Å². The Kier molecular flexibility index (Phi) is 6.23. The van der Waals surface area contributed by atoms with Crippen molar-refractivity contribution in [3.8, 4) is 23.0 Å². The van der Waals surface area contributed by atoms with Gasteiger partial charge in [0, 0.05) is 53.4 Å². The number of nitrogens with one attached hydrogen (secondary N) is 1. The zero-order chi connectivity index (χ0) is 29.6. The van der Waals surface area contributed by atoms with E-state index >= 15 is 4.39 Å². The summed E-state index contributed by atoms with van der Waals surface area (Å²) in [6.45, 7) is 3.23. The highest BCUT2D eigenvalue weighted by molar-refractivity contribution is 6.36. The summed E-state index contributed by atoms with van der Waals surface area (Å²) < 4.78 is 23.3. The molecule has 5 fully saturated rings. The van der Waals surface area contributed by atoms with Gasteiger partial charge in [0.1, 0.15) is 29.4 Å². The van der Waals surface area contributed by atoms with Crippen LogP contribution in [0.2, 0.25) is 5.02 Å². The van der Waals surface area contributed by atoms with E-state index in [1.165, 1.54) is 31.7 Å². The number of rotatable bonds is 5. The van der Waals surface area contributed by atoms with Crippen molar-refractivity contribution in [2.45, 2.75) is 75.0 Å². The van der Waals surface area contributed by atoms with E-state index in [1.807, 2.05) is 12.1 Å². The first-order valence-corrected chi connectivity index (χ1v) is 16.5. The largest absolute Gasteiger partial charge is 0.508 e. The number of phenols is 1. The van der Waals surface area contributed by atoms with E-state index in [9.17, 15) is 5.11 Å². The Bertz CT molecular complexity index is 1790. The number of hydrogen-bond acceptors (Lipinski definition) is 8. The van der Waals surface area contributed by atoms with Gasteiger partial charge < -0.3 is 20.1 Å². The molecule has 0 spiro atoms. The topological polar surface area (TPSA) is 86.6 Å². The Morgan fingerprint density at radius 2 is 1.95 bits per heavy atom. The van der Waals surface area contributed by atoms with E-state index in [0.717, 1.165) is 51.2 Å². The van der Waals surface area contributed by atoms with Crippen molar-refractivity contribution in [3.05, 3.63) is 47.4 Å². The van der Waals surface area contributed by atoms with Gasteiger partial charge >= 0.3 is 6.01 Å². The molecule has 2 N–H and O–H groups in total. The fourth-order valence-electron chi connectivity index (χ4n) is 9.30. The van der Waals surface area contributed by atoms with Gasteiger partial charge in [0.2, 0.25) is 0 Å². The van der Waals surface area contributed by atoms with Gasteiger partial charge in [-0.15, -0.1) is 0 Å². The second kappa shape index (κ2) is 10.1. The highest BCUT2D eigenvalue weighted by Gasteiger charge is 2.55. The molecule has 2 unspecified atom stereocenters. The summed E-state index contributed by atoms with van der Waals surface area (Å²) in [6.07, 6.45) is 11.3. The van der Waals surface area contributed by atoms with Crippen LogP contribution < -0.4 is 15.0 Å². The summed E-state index contributed by atoms with van der Waals surface area (Å²) in [5.41, 5.74) is 0.702. The first-order chi connectivity index (χ1) is 21.5. The van der Waals surface area contributed by atoms with E-state index < -0.39 is 5.82 Å². The third kappa shape index (κ3) is 4.19. The van der Waals surface area contributed by atoms with Gasteiger partial charge in [-0.25, -0.2) is 4.39 Å². The van der Waals surface area contributed by atoms with Gasteiger partial charge in [-0.05, 0) is 81.0 Å². The second-order valence-corrected chi connectivity index (χ2v) is 14.1. The minimum absolute atomic E-state index is 0.0152. The molecule has 0 radical (unpaired) electrons. The van der Waals surface area contributed by atoms with Crippen LogP contribution in [-0.4, -0.2) is 74.9 Å². The number of piperazine rings is 1. The standard InChI is InChI=1S/C34H36ClFN6O2/c35-26-6-1-4-19-12-23(43)13-24(28(19)26)30-29(36)31-25(15-37-30)32(41-16-21-8-9-22(17-41)38-21)40-33(39-31)44-18-34-10-3-11-42(34)27-7-2-5-20(27)14-34/h1,4,6,12-13,15,20-22,27,38,43H,2-3,5,7-11,14,16-18H2/t20-,21?,22?,27-,34+/m1/s1. The predicted octanol–water partition coefficient (Wildman–Crippen LogP) is 6.07. The first kappa shape index (κ1) is 27.1. The Balaban J connectivity index is 1.16. The number of benzene rings is 2. The molecular formula is C34H36ClFN6O2. The lowest BCUT2D eigenvalue weighted by Crippen LogP contribution is -2.51. The molecule has 1 aliphatic carbocycles. The molecule has 10 heteroatoms. The monoisotopic (exact) mass is 614 g/mol. The second-order valence-electron chi connectivity index (χ2n) is 13.7. The zero-order valence-corrected chi connectivity index (χ0v) is 25.4. The van der Waals surface area contributed by atoms with Crippen molar-refractivity contribution >= 4 is 39.1 Å². The lowest BCUT2D eigenvalue weighted by atomic mass is 9.90. The number of hydrogen-bond donors (Lipinski definition) is 2. The van der Waals surface area contributed by atoms with Crippen LogP contribution in [0.3, 0.4) is 0 Å². The number of aromatic hydroxyl groups is 1. The normalized spacial score (nSPS) is 29.5. The van der Waals surface area contributed by atoms with Crippen LogP contribution in [0.5, 0.6) is 11.8 Å². The fraction of sp³-hybridized carbons (Fsp3) is 0.500. The Morgan fingerprint density at radius 1 is 1.09 bits per heavy atom. The molecule has 2 aromatic carbocycles. The summed E-state index contributed by atoms with van der Waals surface area (Å²) in [4.78, 5) is 19.3. The van der Waals surface area contributed by atoms with Gasteiger partial charge in [0.15, 0.2) is 5.82 Å². The quantitative estimate of drug-likeness (QED) is 0.280. The molecule has 4 saturated heterocycles. The molecule has 6 heterocycles. The van der Waals surface area contributed by atoms with Crippen LogP contribution in [-0.2, 0) is 0 Å². The van der Waals surface area contributed by atoms with Crippen molar-refractivity contribution in [1.82, 2.24) is 25.2 Å². The molecule has 228 valence electrons. The van der Waals surface area contributed by atoms with Gasteiger partial charge in [-0.1, -0.05) is 30.2 Å². The van der Waals surface area contributed by atoms with Crippen LogP contribution in [0.15, 0.2) is 36.5 Å². The molecule has 5 aliphatic rings. The highest BCUT2D eigenvalue weighted by atomic mass is 35.5. The molecule has 4 aromatic rings. The Labute approximate surface area is 260 Å². The average molecular weight is 615 g/mol. The fourth-order valence-corrected chi connectivity index (χ4v) is 9.58. The van der Waals surface area contributed by atoms with Crippen LogP contribution in [0.25, 0.3) is 32.9 Å². The third-order valence-electron chi connectivity index (χ3n) is 11.1. The number of anilines is 1. The minimum atomic E-state index is -0.572. The summed E-state index contributed by atoms with van der Waals surface area (Å²) in [5, 5.41) is 16.6. The molecule has 1 saturated carbocycles. The van der Waals surface area contributed by atoms with Gasteiger partial charge in [0.25, 0.3) is 0 Å². The van der Waals surface area contributed by atoms with E-state index in [4.69, 9.17) is 26.3 Å². The van der Waals surface area contributed by atoms with Crippen molar-refractivity contribution < 1.29 is 14.2 Å². The molecular weight excluding hydrogens is 579 g/mol. The lowest BCUT2D eigenvalue weighted by molar-refractivity contribution is 0.0832. The smallest absolute Gasteiger partial charge is 0.319 e.